The van der Waals surface area contributed by atoms with Gasteiger partial charge in [-0.3, -0.25) is 0 Å². The minimum absolute atomic E-state index is 0.419. The third-order valence-corrected chi connectivity index (χ3v) is 2.12. The molecule has 0 aliphatic rings. The van der Waals surface area contributed by atoms with Gasteiger partial charge in [-0.1, -0.05) is 27.7 Å². The van der Waals surface area contributed by atoms with Crippen molar-refractivity contribution in [2.24, 2.45) is 17.1 Å². The second-order valence-electron chi connectivity index (χ2n) is 5.08. The smallest absolute Gasteiger partial charge is 0.000262 e. The molecule has 0 aromatic rings. The van der Waals surface area contributed by atoms with Crippen molar-refractivity contribution in [3.8, 4) is 0 Å². The highest BCUT2D eigenvalue weighted by Crippen LogP contribution is 2.23. The Morgan fingerprint density at radius 3 is 2.38 bits per heavy atom. The maximum Gasteiger partial charge on any atom is 0.000262 e. The van der Waals surface area contributed by atoms with Gasteiger partial charge in [-0.15, -0.1) is 0 Å². The molecule has 13 heavy (non-hydrogen) atoms. The van der Waals surface area contributed by atoms with Gasteiger partial charge in [0.15, 0.2) is 0 Å². The van der Waals surface area contributed by atoms with Crippen LogP contribution in [-0.4, -0.2) is 19.6 Å². The fourth-order valence-corrected chi connectivity index (χ4v) is 1.83. The lowest BCUT2D eigenvalue weighted by atomic mass is 9.84. The first-order valence-electron chi connectivity index (χ1n) is 5.39. The average Bonchev–Trinajstić information content (AvgIpc) is 1.95. The van der Waals surface area contributed by atoms with Gasteiger partial charge in [0.25, 0.3) is 0 Å². The molecule has 2 heteroatoms. The zero-order chi connectivity index (χ0) is 10.3. The molecule has 3 N–H and O–H groups in total. The molecule has 0 aliphatic carbocycles. The molecule has 0 saturated heterocycles. The van der Waals surface area contributed by atoms with Gasteiger partial charge in [0.2, 0.25) is 0 Å². The Kier molecular flexibility index (Phi) is 6.35. The van der Waals surface area contributed by atoms with Gasteiger partial charge in [0, 0.05) is 6.54 Å². The summed E-state index contributed by atoms with van der Waals surface area (Å²) >= 11 is 0. The lowest BCUT2D eigenvalue weighted by molar-refractivity contribution is 0.273. The quantitative estimate of drug-likeness (QED) is 0.597. The zero-order valence-electron chi connectivity index (χ0n) is 9.69. The fourth-order valence-electron chi connectivity index (χ4n) is 1.83. The van der Waals surface area contributed by atoms with Crippen molar-refractivity contribution >= 4 is 0 Å². The van der Waals surface area contributed by atoms with E-state index in [9.17, 15) is 0 Å². The lowest BCUT2D eigenvalue weighted by Gasteiger charge is -2.27. The Morgan fingerprint density at radius 1 is 1.31 bits per heavy atom. The minimum atomic E-state index is 0.419. The fraction of sp³-hybridized carbons (Fsp3) is 1.00. The zero-order valence-corrected chi connectivity index (χ0v) is 9.69. The predicted octanol–water partition coefficient (Wildman–Crippen LogP) is 2.00. The summed E-state index contributed by atoms with van der Waals surface area (Å²) in [5, 5.41) is 3.45. The summed E-state index contributed by atoms with van der Waals surface area (Å²) in [7, 11) is 0. The second kappa shape index (κ2) is 6.39. The highest BCUT2D eigenvalue weighted by Gasteiger charge is 2.18. The van der Waals surface area contributed by atoms with E-state index in [1.54, 1.807) is 0 Å². The Morgan fingerprint density at radius 2 is 1.92 bits per heavy atom. The van der Waals surface area contributed by atoms with Gasteiger partial charge in [0.1, 0.15) is 0 Å². The van der Waals surface area contributed by atoms with E-state index >= 15 is 0 Å². The summed E-state index contributed by atoms with van der Waals surface area (Å²) in [6.07, 6.45) is 2.36. The third kappa shape index (κ3) is 8.26. The van der Waals surface area contributed by atoms with Crippen LogP contribution >= 0.6 is 0 Å². The van der Waals surface area contributed by atoms with E-state index in [0.29, 0.717) is 5.41 Å². The van der Waals surface area contributed by atoms with Crippen LogP contribution in [0.15, 0.2) is 0 Å². The molecule has 0 fully saturated rings. The first-order valence-corrected chi connectivity index (χ1v) is 5.39. The molecule has 0 atom stereocenters. The molecule has 0 aliphatic heterocycles. The van der Waals surface area contributed by atoms with Crippen LogP contribution in [0.5, 0.6) is 0 Å². The second-order valence-corrected chi connectivity index (χ2v) is 5.08. The Hall–Kier alpha value is -0.0800. The van der Waals surface area contributed by atoms with E-state index in [4.69, 9.17) is 5.73 Å². The van der Waals surface area contributed by atoms with E-state index in [1.165, 1.54) is 6.42 Å². The SMILES string of the molecule is CC(C)CC(C)(C)CNCCCN. The number of nitrogens with one attached hydrogen (secondary N) is 1. The molecule has 0 rings (SSSR count). The summed E-state index contributed by atoms with van der Waals surface area (Å²) < 4.78 is 0. The Labute approximate surface area is 83.3 Å². The topological polar surface area (TPSA) is 38.0 Å². The molecule has 0 radical (unpaired) electrons. The molecular weight excluding hydrogens is 160 g/mol. The van der Waals surface area contributed by atoms with Gasteiger partial charge in [0.05, 0.1) is 0 Å². The van der Waals surface area contributed by atoms with E-state index < -0.39 is 0 Å². The first kappa shape index (κ1) is 12.9. The average molecular weight is 186 g/mol. The van der Waals surface area contributed by atoms with Crippen molar-refractivity contribution in [1.29, 1.82) is 0 Å². The summed E-state index contributed by atoms with van der Waals surface area (Å²) in [4.78, 5) is 0. The van der Waals surface area contributed by atoms with Gasteiger partial charge in [-0.25, -0.2) is 0 Å². The highest BCUT2D eigenvalue weighted by atomic mass is 14.9. The highest BCUT2D eigenvalue weighted by molar-refractivity contribution is 4.72. The molecule has 2 nitrogen and oxygen atoms in total. The van der Waals surface area contributed by atoms with E-state index in [-0.39, 0.29) is 0 Å². The molecule has 80 valence electrons. The van der Waals surface area contributed by atoms with E-state index in [1.807, 2.05) is 0 Å². The Balaban J connectivity index is 3.50. The van der Waals surface area contributed by atoms with Crippen molar-refractivity contribution in [3.05, 3.63) is 0 Å². The van der Waals surface area contributed by atoms with Crippen LogP contribution in [0, 0.1) is 11.3 Å². The van der Waals surface area contributed by atoms with E-state index in [0.717, 1.165) is 32.0 Å². The Bertz CT molecular complexity index is 119. The van der Waals surface area contributed by atoms with Crippen LogP contribution in [0.3, 0.4) is 0 Å². The maximum absolute atomic E-state index is 5.42. The number of nitrogens with two attached hydrogens (primary N) is 1. The van der Waals surface area contributed by atoms with Crippen LogP contribution < -0.4 is 11.1 Å². The molecule has 0 spiro atoms. The summed E-state index contributed by atoms with van der Waals surface area (Å²) in [5.41, 5.74) is 5.84. The third-order valence-electron chi connectivity index (χ3n) is 2.12. The van der Waals surface area contributed by atoms with Crippen LogP contribution in [0.25, 0.3) is 0 Å². The summed E-state index contributed by atoms with van der Waals surface area (Å²) in [5.74, 6) is 0.784. The van der Waals surface area contributed by atoms with Crippen LogP contribution in [-0.2, 0) is 0 Å². The van der Waals surface area contributed by atoms with Gasteiger partial charge in [-0.05, 0) is 37.3 Å². The van der Waals surface area contributed by atoms with Crippen LogP contribution in [0.1, 0.15) is 40.5 Å². The number of rotatable bonds is 7. The van der Waals surface area contributed by atoms with E-state index in [2.05, 4.69) is 33.0 Å². The molecule has 0 saturated carbocycles. The van der Waals surface area contributed by atoms with Crippen molar-refractivity contribution in [2.75, 3.05) is 19.6 Å². The molecule has 0 bridgehead atoms. The van der Waals surface area contributed by atoms with Gasteiger partial charge >= 0.3 is 0 Å². The van der Waals surface area contributed by atoms with Crippen molar-refractivity contribution in [2.45, 2.75) is 40.5 Å². The van der Waals surface area contributed by atoms with Crippen LogP contribution in [0.4, 0.5) is 0 Å². The first-order chi connectivity index (χ1) is 5.98. The molecule has 0 unspecified atom stereocenters. The molecule has 0 aromatic heterocycles. The summed E-state index contributed by atoms with van der Waals surface area (Å²) in [6, 6.07) is 0. The number of hydrogen-bond acceptors (Lipinski definition) is 2. The predicted molar refractivity (Wildman–Crippen MR) is 59.8 cm³/mol. The maximum atomic E-state index is 5.42. The normalized spacial score (nSPS) is 12.5. The lowest BCUT2D eigenvalue weighted by Crippen LogP contribution is -2.31. The van der Waals surface area contributed by atoms with Crippen molar-refractivity contribution in [3.63, 3.8) is 0 Å². The van der Waals surface area contributed by atoms with Gasteiger partial charge in [-0.2, -0.15) is 0 Å². The molecule has 0 aromatic carbocycles. The molecule has 0 amide bonds. The van der Waals surface area contributed by atoms with Crippen molar-refractivity contribution in [1.82, 2.24) is 5.32 Å². The van der Waals surface area contributed by atoms with Crippen LogP contribution in [0.2, 0.25) is 0 Å². The monoisotopic (exact) mass is 186 g/mol. The largest absolute Gasteiger partial charge is 0.330 e. The molecule has 0 heterocycles. The standard InChI is InChI=1S/C11H26N2/c1-10(2)8-11(3,4)9-13-7-5-6-12/h10,13H,5-9,12H2,1-4H3. The molecular formula is C11H26N2. The summed E-state index contributed by atoms with van der Waals surface area (Å²) in [6.45, 7) is 12.1. The number of hydrogen-bond donors (Lipinski definition) is 2. The van der Waals surface area contributed by atoms with Gasteiger partial charge < -0.3 is 11.1 Å². The van der Waals surface area contributed by atoms with Crippen molar-refractivity contribution < 1.29 is 0 Å². The minimum Gasteiger partial charge on any atom is -0.330 e.